The number of aryl methyl sites for hydroxylation is 1. The highest BCUT2D eigenvalue weighted by Gasteiger charge is 2.21. The molecular weight excluding hydrogens is 369 g/mol. The van der Waals surface area contributed by atoms with Gasteiger partial charge in [0.15, 0.2) is 0 Å². The van der Waals surface area contributed by atoms with Gasteiger partial charge in [0.05, 0.1) is 15.7 Å². The maximum absolute atomic E-state index is 13.0. The number of aromatic hydroxyl groups is 1. The van der Waals surface area contributed by atoms with Crippen LogP contribution in [0.2, 0.25) is 0 Å². The molecule has 24 heavy (non-hydrogen) atoms. The number of ketones is 1. The van der Waals surface area contributed by atoms with Crippen LogP contribution >= 0.6 is 15.9 Å². The van der Waals surface area contributed by atoms with E-state index in [9.17, 15) is 9.90 Å². The number of imidazole rings is 1. The summed E-state index contributed by atoms with van der Waals surface area (Å²) in [4.78, 5) is 17.5. The number of rotatable bonds is 3. The highest BCUT2D eigenvalue weighted by Crippen LogP contribution is 2.25. The van der Waals surface area contributed by atoms with Gasteiger partial charge in [0.1, 0.15) is 31.0 Å². The van der Waals surface area contributed by atoms with Gasteiger partial charge in [-0.3, -0.25) is 9.20 Å². The van der Waals surface area contributed by atoms with Gasteiger partial charge < -0.3 is 5.11 Å². The molecule has 0 atom stereocenters. The molecule has 3 rings (SSSR count). The second-order valence-corrected chi connectivity index (χ2v) is 6.10. The van der Waals surface area contributed by atoms with Gasteiger partial charge in [0, 0.05) is 11.8 Å². The van der Waals surface area contributed by atoms with Gasteiger partial charge in [-0.25, -0.2) is 4.98 Å². The van der Waals surface area contributed by atoms with Crippen LogP contribution in [0, 0.1) is 11.3 Å². The number of halogens is 1. The van der Waals surface area contributed by atoms with E-state index >= 15 is 0 Å². The Bertz CT molecular complexity index is 998. The average Bonchev–Trinajstić information content (AvgIpc) is 2.95. The van der Waals surface area contributed by atoms with E-state index in [1.54, 1.807) is 22.7 Å². The monoisotopic (exact) mass is 379 g/mol. The molecule has 116 valence electrons. The molecule has 0 aliphatic carbocycles. The lowest BCUT2D eigenvalue weighted by Gasteiger charge is -2.08. The van der Waals surface area contributed by atoms with Crippen LogP contribution in [0.25, 0.3) is 5.65 Å². The molecule has 0 spiro atoms. The largest absolute Gasteiger partial charge is 0.507 e. The van der Waals surface area contributed by atoms with Gasteiger partial charge in [0.25, 0.3) is 0 Å². The van der Waals surface area contributed by atoms with Crippen molar-refractivity contribution in [3.8, 4) is 11.8 Å². The Labute approximate surface area is 148 Å². The molecule has 0 amide bonds. The van der Waals surface area contributed by atoms with E-state index in [1.807, 2.05) is 6.92 Å². The van der Waals surface area contributed by atoms with Crippen molar-refractivity contribution in [3.05, 3.63) is 57.4 Å². The summed E-state index contributed by atoms with van der Waals surface area (Å²) < 4.78 is 1.96. The smallest absolute Gasteiger partial charge is 0.211 e. The molecule has 1 N–H and O–H groups in total. The lowest BCUT2D eigenvalue weighted by molar-refractivity contribution is 0.103. The number of aromatic nitrogens is 2. The van der Waals surface area contributed by atoms with Gasteiger partial charge in [-0.1, -0.05) is 18.5 Å². The second kappa shape index (κ2) is 6.14. The molecule has 0 unspecified atom stereocenters. The minimum atomic E-state index is -0.276. The predicted molar refractivity (Wildman–Crippen MR) is 93.9 cm³/mol. The van der Waals surface area contributed by atoms with E-state index in [4.69, 9.17) is 13.1 Å². The van der Waals surface area contributed by atoms with Crippen LogP contribution in [0.15, 0.2) is 34.9 Å². The lowest BCUT2D eigenvalue weighted by Crippen LogP contribution is -2.13. The Morgan fingerprint density at radius 1 is 1.46 bits per heavy atom. The Balaban J connectivity index is 2.24. The topological polar surface area (TPSA) is 78.4 Å². The summed E-state index contributed by atoms with van der Waals surface area (Å²) in [6.45, 7) is 1.91. The Hall–Kier alpha value is -2.59. The standard InChI is InChI=1S/C17H11BBrN3O2/c1-2-13-15(22-8-9(7-20)3-4-14(22)21-13)16(23)10-5-11(18)17(24)12(19)6-10/h3-6,8,24H,2H2,1H3. The molecule has 1 aromatic carbocycles. The molecule has 0 aliphatic heterocycles. The first-order valence-corrected chi connectivity index (χ1v) is 7.99. The summed E-state index contributed by atoms with van der Waals surface area (Å²) in [6, 6.07) is 8.36. The van der Waals surface area contributed by atoms with E-state index in [2.05, 4.69) is 27.0 Å². The van der Waals surface area contributed by atoms with Crippen molar-refractivity contribution in [2.75, 3.05) is 0 Å². The average molecular weight is 380 g/mol. The number of hydrogen-bond donors (Lipinski definition) is 1. The maximum Gasteiger partial charge on any atom is 0.211 e. The molecule has 3 aromatic rings. The Morgan fingerprint density at radius 2 is 2.21 bits per heavy atom. The van der Waals surface area contributed by atoms with Crippen molar-refractivity contribution in [2.45, 2.75) is 13.3 Å². The van der Waals surface area contributed by atoms with E-state index < -0.39 is 0 Å². The zero-order valence-electron chi connectivity index (χ0n) is 12.7. The first-order chi connectivity index (χ1) is 11.5. The van der Waals surface area contributed by atoms with Crippen molar-refractivity contribution in [2.24, 2.45) is 0 Å². The SMILES string of the molecule is [B]c1cc(C(=O)c2c(CC)nc3ccc(C#N)cn23)cc(Br)c1O. The highest BCUT2D eigenvalue weighted by atomic mass is 79.9. The number of benzene rings is 1. The zero-order valence-corrected chi connectivity index (χ0v) is 14.3. The number of phenolic OH excluding ortho intramolecular Hbond substituents is 1. The number of carbonyl (C=O) groups excluding carboxylic acids is 1. The van der Waals surface area contributed by atoms with Gasteiger partial charge >= 0.3 is 0 Å². The summed E-state index contributed by atoms with van der Waals surface area (Å²) in [5, 5.41) is 18.8. The minimum Gasteiger partial charge on any atom is -0.507 e. The van der Waals surface area contributed by atoms with Crippen molar-refractivity contribution < 1.29 is 9.90 Å². The maximum atomic E-state index is 13.0. The highest BCUT2D eigenvalue weighted by molar-refractivity contribution is 9.10. The predicted octanol–water partition coefficient (Wildman–Crippen LogP) is 2.26. The van der Waals surface area contributed by atoms with Crippen LogP contribution < -0.4 is 5.46 Å². The molecule has 0 saturated heterocycles. The molecular formula is C17H11BBrN3O2. The van der Waals surface area contributed by atoms with Crippen molar-refractivity contribution in [1.29, 1.82) is 5.26 Å². The number of nitriles is 1. The van der Waals surface area contributed by atoms with Crippen LogP contribution in [0.4, 0.5) is 0 Å². The van der Waals surface area contributed by atoms with Crippen LogP contribution in [0.5, 0.6) is 5.75 Å². The third-order valence-corrected chi connectivity index (χ3v) is 4.33. The number of carbonyl (C=O) groups is 1. The molecule has 0 fully saturated rings. The zero-order chi connectivity index (χ0) is 17.4. The minimum absolute atomic E-state index is 0.104. The summed E-state index contributed by atoms with van der Waals surface area (Å²) >= 11 is 3.19. The molecule has 0 aliphatic rings. The van der Waals surface area contributed by atoms with E-state index in [-0.39, 0.29) is 17.0 Å². The summed E-state index contributed by atoms with van der Waals surface area (Å²) in [6.07, 6.45) is 2.16. The molecule has 7 heteroatoms. The molecule has 2 radical (unpaired) electrons. The first-order valence-electron chi connectivity index (χ1n) is 7.20. The van der Waals surface area contributed by atoms with Crippen LogP contribution in [0.3, 0.4) is 0 Å². The normalized spacial score (nSPS) is 10.7. The fourth-order valence-electron chi connectivity index (χ4n) is 2.53. The third-order valence-electron chi connectivity index (χ3n) is 3.72. The molecule has 0 saturated carbocycles. The van der Waals surface area contributed by atoms with Crippen LogP contribution in [0.1, 0.15) is 34.2 Å². The molecule has 5 nitrogen and oxygen atoms in total. The van der Waals surface area contributed by atoms with Gasteiger partial charge in [-0.2, -0.15) is 5.26 Å². The van der Waals surface area contributed by atoms with E-state index in [0.717, 1.165) is 0 Å². The van der Waals surface area contributed by atoms with Gasteiger partial charge in [-0.15, -0.1) is 0 Å². The summed E-state index contributed by atoms with van der Waals surface area (Å²) in [5.41, 5.74) is 2.50. The first kappa shape index (κ1) is 16.3. The van der Waals surface area contributed by atoms with Crippen molar-refractivity contribution >= 4 is 40.7 Å². The molecule has 0 bridgehead atoms. The summed E-state index contributed by atoms with van der Waals surface area (Å²) in [5.74, 6) is -0.381. The quantitative estimate of drug-likeness (QED) is 0.559. The second-order valence-electron chi connectivity index (χ2n) is 5.24. The Kier molecular flexibility index (Phi) is 4.16. The Morgan fingerprint density at radius 3 is 2.83 bits per heavy atom. The third kappa shape index (κ3) is 2.59. The number of nitrogens with zero attached hydrogens (tertiary/aromatic N) is 3. The van der Waals surface area contributed by atoms with Gasteiger partial charge in [-0.05, 0) is 40.5 Å². The number of hydrogen-bond acceptors (Lipinski definition) is 4. The molecule has 2 heterocycles. The number of phenols is 1. The lowest BCUT2D eigenvalue weighted by atomic mass is 9.91. The van der Waals surface area contributed by atoms with E-state index in [0.29, 0.717) is 39.1 Å². The fourth-order valence-corrected chi connectivity index (χ4v) is 3.01. The van der Waals surface area contributed by atoms with Crippen molar-refractivity contribution in [1.82, 2.24) is 9.38 Å². The van der Waals surface area contributed by atoms with Crippen LogP contribution in [-0.4, -0.2) is 28.1 Å². The fraction of sp³-hybridized carbons (Fsp3) is 0.118. The molecule has 2 aromatic heterocycles. The number of pyridine rings is 1. The van der Waals surface area contributed by atoms with E-state index in [1.165, 1.54) is 12.1 Å². The van der Waals surface area contributed by atoms with Gasteiger partial charge in [0.2, 0.25) is 5.78 Å². The van der Waals surface area contributed by atoms with Crippen LogP contribution in [-0.2, 0) is 6.42 Å². The van der Waals surface area contributed by atoms with Crippen molar-refractivity contribution in [3.63, 3.8) is 0 Å². The number of fused-ring (bicyclic) bond motifs is 1. The summed E-state index contributed by atoms with van der Waals surface area (Å²) in [7, 11) is 5.74.